The number of hydrogen-bond donors (Lipinski definition) is 2. The third kappa shape index (κ3) is 5.90. The molecule has 0 radical (unpaired) electrons. The number of aryl methyl sites for hydroxylation is 1. The number of benzene rings is 2. The van der Waals surface area contributed by atoms with Gasteiger partial charge in [-0.15, -0.1) is 0 Å². The van der Waals surface area contributed by atoms with Crippen molar-refractivity contribution in [2.75, 3.05) is 6.61 Å². The van der Waals surface area contributed by atoms with E-state index in [1.54, 1.807) is 6.07 Å². The maximum atomic E-state index is 12.0. The second-order valence-corrected chi connectivity index (χ2v) is 6.41. The maximum absolute atomic E-state index is 12.0. The summed E-state index contributed by atoms with van der Waals surface area (Å²) in [6.07, 6.45) is 1.12. The maximum Gasteiger partial charge on any atom is 0.326 e. The molecule has 0 heterocycles. The molecule has 0 saturated heterocycles. The van der Waals surface area contributed by atoms with Gasteiger partial charge in [0.1, 0.15) is 11.8 Å². The highest BCUT2D eigenvalue weighted by Gasteiger charge is 2.20. The molecule has 2 rings (SSSR count). The Kier molecular flexibility index (Phi) is 7.01. The third-order valence-electron chi connectivity index (χ3n) is 3.68. The number of nitrogens with one attached hydrogen (secondary N) is 1. The van der Waals surface area contributed by atoms with Gasteiger partial charge in [-0.05, 0) is 45.6 Å². The van der Waals surface area contributed by atoms with E-state index >= 15 is 0 Å². The minimum absolute atomic E-state index is 0.219. The number of carbonyl (C=O) groups is 2. The van der Waals surface area contributed by atoms with Crippen molar-refractivity contribution in [1.29, 1.82) is 0 Å². The lowest BCUT2D eigenvalue weighted by Crippen LogP contribution is -2.44. The molecule has 6 heteroatoms. The predicted molar refractivity (Wildman–Crippen MR) is 98.7 cm³/mol. The number of hydrogen-bond acceptors (Lipinski definition) is 3. The lowest BCUT2D eigenvalue weighted by Gasteiger charge is -2.15. The van der Waals surface area contributed by atoms with Crippen LogP contribution < -0.4 is 10.1 Å². The molecule has 2 aromatic carbocycles. The molecule has 132 valence electrons. The van der Waals surface area contributed by atoms with Crippen molar-refractivity contribution in [2.24, 2.45) is 0 Å². The smallest absolute Gasteiger partial charge is 0.326 e. The third-order valence-corrected chi connectivity index (χ3v) is 4.30. The number of carboxylic acids is 1. The monoisotopic (exact) mass is 405 g/mol. The van der Waals surface area contributed by atoms with Crippen LogP contribution in [0.4, 0.5) is 0 Å². The Hall–Kier alpha value is -2.34. The minimum Gasteiger partial charge on any atom is -0.483 e. The quantitative estimate of drug-likeness (QED) is 0.706. The summed E-state index contributed by atoms with van der Waals surface area (Å²) in [5.41, 5.74) is 1.99. The summed E-state index contributed by atoms with van der Waals surface area (Å²) in [6.45, 7) is 1.80. The van der Waals surface area contributed by atoms with Crippen molar-refractivity contribution in [3.8, 4) is 5.75 Å². The predicted octanol–water partition coefficient (Wildman–Crippen LogP) is 3.20. The number of amides is 1. The summed E-state index contributed by atoms with van der Waals surface area (Å²) < 4.78 is 6.24. The summed E-state index contributed by atoms with van der Waals surface area (Å²) in [4.78, 5) is 23.4. The molecule has 0 aliphatic heterocycles. The van der Waals surface area contributed by atoms with Crippen molar-refractivity contribution in [3.63, 3.8) is 0 Å². The van der Waals surface area contributed by atoms with Gasteiger partial charge in [-0.25, -0.2) is 4.79 Å². The van der Waals surface area contributed by atoms with E-state index in [9.17, 15) is 14.7 Å². The van der Waals surface area contributed by atoms with Crippen LogP contribution in [0.3, 0.4) is 0 Å². The van der Waals surface area contributed by atoms with Crippen molar-refractivity contribution in [2.45, 2.75) is 25.8 Å². The lowest BCUT2D eigenvalue weighted by molar-refractivity contribution is -0.142. The van der Waals surface area contributed by atoms with Crippen LogP contribution >= 0.6 is 15.9 Å². The molecular formula is C19H20BrNO4. The van der Waals surface area contributed by atoms with E-state index in [2.05, 4.69) is 28.2 Å². The molecule has 0 aliphatic carbocycles. The summed E-state index contributed by atoms with van der Waals surface area (Å²) in [5, 5.41) is 11.8. The SMILES string of the molecule is CCc1ccc(OCC(=O)NC(Cc2ccccc2)C(=O)O)c(Br)c1. The summed E-state index contributed by atoms with van der Waals surface area (Å²) in [6, 6.07) is 13.8. The van der Waals surface area contributed by atoms with Crippen LogP contribution in [0.25, 0.3) is 0 Å². The molecule has 0 fully saturated rings. The van der Waals surface area contributed by atoms with Crippen LogP contribution in [0.5, 0.6) is 5.75 Å². The highest BCUT2D eigenvalue weighted by atomic mass is 79.9. The number of carbonyl (C=O) groups excluding carboxylic acids is 1. The Morgan fingerprint density at radius 3 is 2.48 bits per heavy atom. The zero-order valence-corrected chi connectivity index (χ0v) is 15.5. The van der Waals surface area contributed by atoms with Gasteiger partial charge in [0.15, 0.2) is 6.61 Å². The van der Waals surface area contributed by atoms with Gasteiger partial charge >= 0.3 is 5.97 Å². The van der Waals surface area contributed by atoms with Crippen molar-refractivity contribution < 1.29 is 19.4 Å². The molecule has 0 aliphatic rings. The van der Waals surface area contributed by atoms with Gasteiger partial charge < -0.3 is 15.2 Å². The van der Waals surface area contributed by atoms with E-state index in [1.807, 2.05) is 42.5 Å². The highest BCUT2D eigenvalue weighted by molar-refractivity contribution is 9.10. The molecule has 1 atom stereocenters. The van der Waals surface area contributed by atoms with Gasteiger partial charge in [-0.2, -0.15) is 0 Å². The van der Waals surface area contributed by atoms with E-state index in [-0.39, 0.29) is 13.0 Å². The van der Waals surface area contributed by atoms with Gasteiger partial charge in [0.25, 0.3) is 5.91 Å². The second-order valence-electron chi connectivity index (χ2n) is 5.56. The fourth-order valence-electron chi connectivity index (χ4n) is 2.31. The van der Waals surface area contributed by atoms with Crippen LogP contribution in [-0.2, 0) is 22.4 Å². The van der Waals surface area contributed by atoms with E-state index in [0.717, 1.165) is 22.0 Å². The fraction of sp³-hybridized carbons (Fsp3) is 0.263. The molecule has 25 heavy (non-hydrogen) atoms. The van der Waals surface area contributed by atoms with Gasteiger partial charge in [-0.1, -0.05) is 43.3 Å². The molecule has 0 saturated carbocycles. The van der Waals surface area contributed by atoms with Crippen LogP contribution in [0.15, 0.2) is 53.0 Å². The van der Waals surface area contributed by atoms with Gasteiger partial charge in [0.2, 0.25) is 0 Å². The number of rotatable bonds is 8. The van der Waals surface area contributed by atoms with Gasteiger partial charge in [0, 0.05) is 6.42 Å². The summed E-state index contributed by atoms with van der Waals surface area (Å²) in [7, 11) is 0. The zero-order valence-electron chi connectivity index (χ0n) is 13.9. The summed E-state index contributed by atoms with van der Waals surface area (Å²) in [5.74, 6) is -1.01. The van der Waals surface area contributed by atoms with E-state index < -0.39 is 17.9 Å². The summed E-state index contributed by atoms with van der Waals surface area (Å²) >= 11 is 3.41. The number of halogens is 1. The van der Waals surface area contributed by atoms with Crippen molar-refractivity contribution >= 4 is 27.8 Å². The van der Waals surface area contributed by atoms with Crippen LogP contribution in [0.1, 0.15) is 18.1 Å². The van der Waals surface area contributed by atoms with E-state index in [0.29, 0.717) is 5.75 Å². The minimum atomic E-state index is -1.08. The lowest BCUT2D eigenvalue weighted by atomic mass is 10.1. The van der Waals surface area contributed by atoms with Crippen molar-refractivity contribution in [3.05, 3.63) is 64.1 Å². The highest BCUT2D eigenvalue weighted by Crippen LogP contribution is 2.26. The molecule has 1 unspecified atom stereocenters. The van der Waals surface area contributed by atoms with E-state index in [1.165, 1.54) is 0 Å². The molecule has 2 aromatic rings. The average Bonchev–Trinajstić information content (AvgIpc) is 2.60. The standard InChI is InChI=1S/C19H20BrNO4/c1-2-13-8-9-17(15(20)10-13)25-12-18(22)21-16(19(23)24)11-14-6-4-3-5-7-14/h3-10,16H,2,11-12H2,1H3,(H,21,22)(H,23,24). The molecule has 0 bridgehead atoms. The molecule has 1 amide bonds. The Morgan fingerprint density at radius 1 is 1.16 bits per heavy atom. The topological polar surface area (TPSA) is 75.6 Å². The first-order chi connectivity index (χ1) is 12.0. The molecule has 5 nitrogen and oxygen atoms in total. The Morgan fingerprint density at radius 2 is 1.88 bits per heavy atom. The largest absolute Gasteiger partial charge is 0.483 e. The molecule has 2 N–H and O–H groups in total. The first-order valence-electron chi connectivity index (χ1n) is 7.97. The molecule has 0 spiro atoms. The van der Waals surface area contributed by atoms with Gasteiger partial charge in [0.05, 0.1) is 4.47 Å². The fourth-order valence-corrected chi connectivity index (χ4v) is 2.85. The Balaban J connectivity index is 1.92. The van der Waals surface area contributed by atoms with E-state index in [4.69, 9.17) is 4.74 Å². The average molecular weight is 406 g/mol. The first kappa shape index (κ1) is 19.0. The van der Waals surface area contributed by atoms with Crippen LogP contribution in [0.2, 0.25) is 0 Å². The normalized spacial score (nSPS) is 11.6. The first-order valence-corrected chi connectivity index (χ1v) is 8.76. The molecule has 0 aromatic heterocycles. The van der Waals surface area contributed by atoms with Gasteiger partial charge in [-0.3, -0.25) is 4.79 Å². The molecular weight excluding hydrogens is 386 g/mol. The van der Waals surface area contributed by atoms with Crippen molar-refractivity contribution in [1.82, 2.24) is 5.32 Å². The van der Waals surface area contributed by atoms with Crippen LogP contribution in [0, 0.1) is 0 Å². The number of ether oxygens (including phenoxy) is 1. The number of aliphatic carboxylic acids is 1. The Bertz CT molecular complexity index is 733. The zero-order chi connectivity index (χ0) is 18.2. The Labute approximate surface area is 155 Å². The second kappa shape index (κ2) is 9.22. The number of carboxylic acid groups (broad SMARTS) is 1. The van der Waals surface area contributed by atoms with Crippen LogP contribution in [-0.4, -0.2) is 29.6 Å².